The second-order valence-corrected chi connectivity index (χ2v) is 12.7. The highest BCUT2D eigenvalue weighted by Gasteiger charge is 2.33. The maximum absolute atomic E-state index is 14.5. The second kappa shape index (κ2) is 12.4. The van der Waals surface area contributed by atoms with Crippen LogP contribution in [-0.4, -0.2) is 77.6 Å². The number of anilines is 3. The quantitative estimate of drug-likeness (QED) is 0.307. The molecule has 1 aromatic carbocycles. The predicted octanol–water partition coefficient (Wildman–Crippen LogP) is 4.61. The van der Waals surface area contributed by atoms with E-state index in [1.807, 2.05) is 11.0 Å². The minimum absolute atomic E-state index is 0.000437. The van der Waals surface area contributed by atoms with E-state index in [2.05, 4.69) is 29.5 Å². The van der Waals surface area contributed by atoms with Crippen LogP contribution in [0.3, 0.4) is 0 Å². The van der Waals surface area contributed by atoms with E-state index < -0.39 is 12.4 Å². The average Bonchev–Trinajstić information content (AvgIpc) is 3.67. The van der Waals surface area contributed by atoms with E-state index in [1.54, 1.807) is 37.1 Å². The highest BCUT2D eigenvalue weighted by molar-refractivity contribution is 5.86. The average molecular weight is 646 g/mol. The van der Waals surface area contributed by atoms with Gasteiger partial charge in [-0.25, -0.2) is 23.5 Å². The molecule has 1 amide bonds. The monoisotopic (exact) mass is 645 g/mol. The van der Waals surface area contributed by atoms with Crippen LogP contribution in [0.4, 0.5) is 26.2 Å². The Morgan fingerprint density at radius 1 is 1.04 bits per heavy atom. The van der Waals surface area contributed by atoms with E-state index in [-0.39, 0.29) is 17.0 Å². The zero-order valence-electron chi connectivity index (χ0n) is 26.4. The molecule has 47 heavy (non-hydrogen) atoms. The summed E-state index contributed by atoms with van der Waals surface area (Å²) >= 11 is 0. The number of rotatable bonds is 7. The number of amides is 1. The number of aromatic nitrogens is 6. The Morgan fingerprint density at radius 2 is 1.81 bits per heavy atom. The third-order valence-corrected chi connectivity index (χ3v) is 9.65. The molecule has 3 aromatic heterocycles. The Balaban J connectivity index is 1.18. The number of carbonyl (C=O) groups excluding carboxylic acids is 1. The number of halogens is 2. The molecular weight excluding hydrogens is 608 g/mol. The summed E-state index contributed by atoms with van der Waals surface area (Å²) in [7, 11) is 1.77. The second-order valence-electron chi connectivity index (χ2n) is 12.7. The van der Waals surface area contributed by atoms with Gasteiger partial charge in [-0.3, -0.25) is 14.2 Å². The summed E-state index contributed by atoms with van der Waals surface area (Å²) in [4.78, 5) is 38.1. The number of carbonyl (C=O) groups is 2. The molecule has 4 aromatic rings. The summed E-state index contributed by atoms with van der Waals surface area (Å²) < 4.78 is 32.8. The Morgan fingerprint density at radius 3 is 2.47 bits per heavy atom. The molecule has 1 N–H and O–H groups in total. The number of hydrogen-bond donors (Lipinski definition) is 1. The number of aryl methyl sites for hydroxylation is 2. The highest BCUT2D eigenvalue weighted by atomic mass is 19.3. The molecule has 6 heterocycles. The van der Waals surface area contributed by atoms with Gasteiger partial charge in [0, 0.05) is 99.8 Å². The number of piperidine rings is 1. The van der Waals surface area contributed by atoms with Gasteiger partial charge in [0.25, 0.3) is 6.43 Å². The van der Waals surface area contributed by atoms with Crippen LogP contribution in [0.15, 0.2) is 36.9 Å². The van der Waals surface area contributed by atoms with Crippen molar-refractivity contribution in [3.05, 3.63) is 64.9 Å². The molecule has 3 aliphatic heterocycles. The fraction of sp³-hybridized carbons (Fsp3) is 0.455. The van der Waals surface area contributed by atoms with Gasteiger partial charge >= 0.3 is 5.97 Å². The molecule has 12 nitrogen and oxygen atoms in total. The molecule has 0 unspecified atom stereocenters. The molecule has 0 radical (unpaired) electrons. The fourth-order valence-electron chi connectivity index (χ4n) is 7.12. The number of fused-ring (bicyclic) bond motifs is 2. The molecule has 7 rings (SSSR count). The first-order valence-corrected chi connectivity index (χ1v) is 16.0. The molecule has 0 atom stereocenters. The van der Waals surface area contributed by atoms with Gasteiger partial charge in [-0.15, -0.1) is 0 Å². The van der Waals surface area contributed by atoms with Crippen LogP contribution >= 0.6 is 0 Å². The lowest BCUT2D eigenvalue weighted by molar-refractivity contribution is -0.129. The molecule has 0 spiro atoms. The van der Waals surface area contributed by atoms with Crippen LogP contribution in [0.5, 0.6) is 0 Å². The minimum Gasteiger partial charge on any atom is -0.478 e. The van der Waals surface area contributed by atoms with E-state index >= 15 is 0 Å². The van der Waals surface area contributed by atoms with Crippen LogP contribution in [0.1, 0.15) is 65.4 Å². The van der Waals surface area contributed by atoms with Crippen molar-refractivity contribution in [1.82, 2.24) is 34.4 Å². The number of carboxylic acids is 1. The minimum atomic E-state index is -2.66. The number of hydrogen-bond acceptors (Lipinski definition) is 8. The first-order valence-electron chi connectivity index (χ1n) is 16.0. The van der Waals surface area contributed by atoms with Crippen molar-refractivity contribution >= 4 is 29.3 Å². The Hall–Kier alpha value is -4.88. The highest BCUT2D eigenvalue weighted by Crippen LogP contribution is 2.43. The summed E-state index contributed by atoms with van der Waals surface area (Å²) in [5.74, 6) is 0.551. The molecular formula is C33H37F2N9O3. The van der Waals surface area contributed by atoms with Gasteiger partial charge in [0.1, 0.15) is 0 Å². The molecule has 0 bridgehead atoms. The lowest BCUT2D eigenvalue weighted by Gasteiger charge is -2.33. The number of alkyl halides is 2. The van der Waals surface area contributed by atoms with Crippen molar-refractivity contribution in [1.29, 1.82) is 0 Å². The first-order chi connectivity index (χ1) is 22.7. The largest absolute Gasteiger partial charge is 0.478 e. The van der Waals surface area contributed by atoms with Crippen LogP contribution < -0.4 is 9.80 Å². The standard InChI is InChI=1S/C33H37F2N9O3/c1-20(45)42-11-7-28-27(19-42)31(39-44(28)17-21-5-9-41(10-6-21)33-36-14-23(15-37-33)32(46)47)43-8-3-4-22-12-25(24-16-38-40(2)18-24)26(30(34)35)13-29(22)43/h12-16,18,21,30H,3-11,17,19H2,1-2H3,(H,46,47). The lowest BCUT2D eigenvalue weighted by Crippen LogP contribution is -2.37. The van der Waals surface area contributed by atoms with E-state index in [0.717, 1.165) is 67.1 Å². The maximum atomic E-state index is 14.5. The summed E-state index contributed by atoms with van der Waals surface area (Å²) in [6.07, 6.45) is 7.45. The Kier molecular flexibility index (Phi) is 8.10. The zero-order chi connectivity index (χ0) is 32.8. The third kappa shape index (κ3) is 5.92. The molecule has 1 saturated heterocycles. The van der Waals surface area contributed by atoms with Crippen molar-refractivity contribution in [2.24, 2.45) is 13.0 Å². The van der Waals surface area contributed by atoms with Crippen LogP contribution in [0.2, 0.25) is 0 Å². The van der Waals surface area contributed by atoms with Crippen molar-refractivity contribution < 1.29 is 23.5 Å². The maximum Gasteiger partial charge on any atom is 0.338 e. The Labute approximate surface area is 270 Å². The molecule has 0 aliphatic carbocycles. The number of nitrogens with zero attached hydrogens (tertiary/aromatic N) is 9. The smallest absolute Gasteiger partial charge is 0.338 e. The lowest BCUT2D eigenvalue weighted by atomic mass is 9.92. The normalized spacial score (nSPS) is 16.8. The Bertz CT molecular complexity index is 1810. The third-order valence-electron chi connectivity index (χ3n) is 9.65. The zero-order valence-corrected chi connectivity index (χ0v) is 26.4. The van der Waals surface area contributed by atoms with E-state index in [9.17, 15) is 18.4 Å². The summed E-state index contributed by atoms with van der Waals surface area (Å²) in [6.45, 7) is 5.44. The van der Waals surface area contributed by atoms with Crippen LogP contribution in [0.25, 0.3) is 11.1 Å². The van der Waals surface area contributed by atoms with Gasteiger partial charge < -0.3 is 19.8 Å². The number of carboxylic acid groups (broad SMARTS) is 1. The molecule has 246 valence electrons. The van der Waals surface area contributed by atoms with Gasteiger partial charge in [-0.05, 0) is 54.9 Å². The van der Waals surface area contributed by atoms with Gasteiger partial charge in [-0.2, -0.15) is 10.2 Å². The van der Waals surface area contributed by atoms with Crippen LogP contribution in [0, 0.1) is 5.92 Å². The van der Waals surface area contributed by atoms with E-state index in [1.165, 1.54) is 12.4 Å². The van der Waals surface area contributed by atoms with Gasteiger partial charge in [-0.1, -0.05) is 0 Å². The first kappa shape index (κ1) is 30.8. The number of aromatic carboxylic acids is 1. The molecule has 3 aliphatic rings. The molecule has 0 saturated carbocycles. The van der Waals surface area contributed by atoms with E-state index in [4.69, 9.17) is 10.2 Å². The van der Waals surface area contributed by atoms with E-state index in [0.29, 0.717) is 55.6 Å². The molecule has 14 heteroatoms. The summed E-state index contributed by atoms with van der Waals surface area (Å²) in [5.41, 5.74) is 5.01. The summed E-state index contributed by atoms with van der Waals surface area (Å²) in [5, 5.41) is 18.5. The SMILES string of the molecule is CC(=O)N1CCc2c(c(N3CCCc4cc(-c5cnn(C)c5)c(C(F)F)cc43)nn2CC2CCN(c3ncc(C(=O)O)cn3)CC2)C1. The van der Waals surface area contributed by atoms with Crippen molar-refractivity contribution in [2.45, 2.75) is 58.5 Å². The molecule has 1 fully saturated rings. The van der Waals surface area contributed by atoms with Crippen molar-refractivity contribution in [3.63, 3.8) is 0 Å². The van der Waals surface area contributed by atoms with Gasteiger partial charge in [0.15, 0.2) is 5.82 Å². The van der Waals surface area contributed by atoms with Crippen LogP contribution in [-0.2, 0) is 37.8 Å². The van der Waals surface area contributed by atoms with Gasteiger partial charge in [0.05, 0.1) is 18.3 Å². The van der Waals surface area contributed by atoms with Crippen molar-refractivity contribution in [2.75, 3.05) is 36.0 Å². The van der Waals surface area contributed by atoms with Gasteiger partial charge in [0.2, 0.25) is 11.9 Å². The predicted molar refractivity (Wildman–Crippen MR) is 170 cm³/mol. The van der Waals surface area contributed by atoms with Crippen molar-refractivity contribution in [3.8, 4) is 11.1 Å². The fourth-order valence-corrected chi connectivity index (χ4v) is 7.12. The topological polar surface area (TPSA) is 126 Å². The number of benzene rings is 1. The summed E-state index contributed by atoms with van der Waals surface area (Å²) in [6, 6.07) is 3.51.